The molecule has 0 aliphatic rings. The molecule has 0 fully saturated rings. The molecule has 0 N–H and O–H groups in total. The van der Waals surface area contributed by atoms with E-state index in [0.29, 0.717) is 0 Å². The van der Waals surface area contributed by atoms with Gasteiger partial charge in [0, 0.05) is 12.4 Å². The lowest BCUT2D eigenvalue weighted by Crippen LogP contribution is -2.11. The molecule has 0 aromatic carbocycles. The first-order valence-corrected chi connectivity index (χ1v) is 3.91. The van der Waals surface area contributed by atoms with Gasteiger partial charge in [-0.15, -0.1) is 0 Å². The molecule has 76 valence electrons. The molecule has 1 rings (SSSR count). The summed E-state index contributed by atoms with van der Waals surface area (Å²) in [5.74, 6) is -0.284. The Kier molecular flexibility index (Phi) is 3.70. The van der Waals surface area contributed by atoms with Gasteiger partial charge in [-0.25, -0.2) is 18.7 Å². The van der Waals surface area contributed by atoms with Crippen molar-refractivity contribution in [3.63, 3.8) is 0 Å². The summed E-state index contributed by atoms with van der Waals surface area (Å²) in [7, 11) is 0. The molecule has 0 radical (unpaired) electrons. The van der Waals surface area contributed by atoms with E-state index in [2.05, 4.69) is 14.7 Å². The summed E-state index contributed by atoms with van der Waals surface area (Å²) < 4.78 is 28.1. The van der Waals surface area contributed by atoms with Crippen LogP contribution in [0, 0.1) is 0 Å². The molecule has 0 saturated carbocycles. The minimum Gasteiger partial charge on any atom is -0.470 e. The van der Waals surface area contributed by atoms with Crippen LogP contribution in [0.25, 0.3) is 0 Å². The first-order valence-electron chi connectivity index (χ1n) is 3.53. The van der Waals surface area contributed by atoms with E-state index in [1.165, 1.54) is 12.4 Å². The van der Waals surface area contributed by atoms with Crippen molar-refractivity contribution in [2.75, 3.05) is 6.61 Å². The number of alkyl halides is 2. The highest BCUT2D eigenvalue weighted by Gasteiger charge is 2.14. The number of carbonyl (C=O) groups excluding carboxylic acids is 1. The summed E-state index contributed by atoms with van der Waals surface area (Å²) in [6.45, 7) is -0.851. The van der Waals surface area contributed by atoms with E-state index in [4.69, 9.17) is 11.6 Å². The summed E-state index contributed by atoms with van der Waals surface area (Å²) in [5, 5.41) is -0.901. The van der Waals surface area contributed by atoms with Gasteiger partial charge in [0.25, 0.3) is 11.7 Å². The van der Waals surface area contributed by atoms with Gasteiger partial charge in [-0.1, -0.05) is 0 Å². The molecule has 0 atom stereocenters. The number of nitrogens with zero attached hydrogens (tertiary/aromatic N) is 2. The second-order valence-electron chi connectivity index (χ2n) is 2.19. The topological polar surface area (TPSA) is 52.1 Å². The smallest absolute Gasteiger partial charge is 0.276 e. The molecule has 14 heavy (non-hydrogen) atoms. The number of hydrogen-bond acceptors (Lipinski definition) is 4. The largest absolute Gasteiger partial charge is 0.470 e. The average Bonchev–Trinajstić information content (AvgIpc) is 2.15. The zero-order valence-corrected chi connectivity index (χ0v) is 7.54. The minimum atomic E-state index is -2.64. The summed E-state index contributed by atoms with van der Waals surface area (Å²) in [4.78, 5) is 17.8. The van der Waals surface area contributed by atoms with Crippen LogP contribution in [0.15, 0.2) is 12.4 Å². The average molecular weight is 223 g/mol. The van der Waals surface area contributed by atoms with E-state index in [1.54, 1.807) is 0 Å². The second-order valence-corrected chi connectivity index (χ2v) is 2.53. The predicted octanol–water partition coefficient (Wildman–Crippen LogP) is 1.50. The monoisotopic (exact) mass is 222 g/mol. The van der Waals surface area contributed by atoms with Crippen molar-refractivity contribution >= 4 is 16.8 Å². The maximum Gasteiger partial charge on any atom is 0.276 e. The van der Waals surface area contributed by atoms with Gasteiger partial charge < -0.3 is 4.74 Å². The SMILES string of the molecule is O=C(Cl)c1nccnc1OCC(F)F. The maximum atomic E-state index is 11.8. The van der Waals surface area contributed by atoms with Gasteiger partial charge in [0.15, 0.2) is 12.3 Å². The summed E-state index contributed by atoms with van der Waals surface area (Å²) >= 11 is 5.11. The van der Waals surface area contributed by atoms with Gasteiger partial charge in [-0.3, -0.25) is 4.79 Å². The van der Waals surface area contributed by atoms with Crippen LogP contribution in [-0.4, -0.2) is 28.2 Å². The van der Waals surface area contributed by atoms with Crippen molar-refractivity contribution in [3.8, 4) is 5.88 Å². The number of halogens is 3. The number of carbonyl (C=O) groups is 1. The van der Waals surface area contributed by atoms with Crippen LogP contribution in [0.4, 0.5) is 8.78 Å². The van der Waals surface area contributed by atoms with Crippen molar-refractivity contribution < 1.29 is 18.3 Å². The van der Waals surface area contributed by atoms with Gasteiger partial charge in [-0.05, 0) is 11.6 Å². The molecular formula is C7H5ClF2N2O2. The maximum absolute atomic E-state index is 11.8. The molecule has 0 saturated heterocycles. The van der Waals surface area contributed by atoms with Crippen LogP contribution in [0.1, 0.15) is 10.5 Å². The zero-order valence-electron chi connectivity index (χ0n) is 6.78. The van der Waals surface area contributed by atoms with E-state index in [-0.39, 0.29) is 11.6 Å². The standard InChI is InChI=1S/C7H5ClF2N2O2/c8-6(13)5-7(12-2-1-11-5)14-3-4(9)10/h1-2,4H,3H2. The van der Waals surface area contributed by atoms with E-state index < -0.39 is 18.3 Å². The van der Waals surface area contributed by atoms with Crippen LogP contribution in [-0.2, 0) is 0 Å². The zero-order chi connectivity index (χ0) is 10.6. The molecule has 0 unspecified atom stereocenters. The van der Waals surface area contributed by atoms with Crippen LogP contribution in [0.2, 0.25) is 0 Å². The van der Waals surface area contributed by atoms with E-state index in [1.807, 2.05) is 0 Å². The van der Waals surface area contributed by atoms with Crippen molar-refractivity contribution in [2.24, 2.45) is 0 Å². The van der Waals surface area contributed by atoms with Gasteiger partial charge in [-0.2, -0.15) is 0 Å². The highest BCUT2D eigenvalue weighted by Crippen LogP contribution is 2.14. The van der Waals surface area contributed by atoms with Crippen molar-refractivity contribution in [3.05, 3.63) is 18.1 Å². The molecule has 1 aromatic heterocycles. The Balaban J connectivity index is 2.79. The van der Waals surface area contributed by atoms with Crippen LogP contribution >= 0.6 is 11.6 Å². The Labute approximate surface area is 82.9 Å². The number of aromatic nitrogens is 2. The number of hydrogen-bond donors (Lipinski definition) is 0. The number of ether oxygens (including phenoxy) is 1. The molecule has 4 nitrogen and oxygen atoms in total. The normalized spacial score (nSPS) is 10.3. The van der Waals surface area contributed by atoms with Gasteiger partial charge in [0.05, 0.1) is 0 Å². The van der Waals surface area contributed by atoms with E-state index >= 15 is 0 Å². The van der Waals surface area contributed by atoms with Gasteiger partial charge >= 0.3 is 0 Å². The molecule has 0 aliphatic heterocycles. The lowest BCUT2D eigenvalue weighted by molar-refractivity contribution is 0.0780. The lowest BCUT2D eigenvalue weighted by Gasteiger charge is -2.05. The number of rotatable bonds is 4. The van der Waals surface area contributed by atoms with Crippen molar-refractivity contribution in [2.45, 2.75) is 6.43 Å². The fourth-order valence-corrected chi connectivity index (χ4v) is 0.837. The molecule has 0 spiro atoms. The Morgan fingerprint density at radius 3 is 2.71 bits per heavy atom. The molecule has 0 aliphatic carbocycles. The third-order valence-corrected chi connectivity index (χ3v) is 1.38. The summed E-state index contributed by atoms with van der Waals surface area (Å²) in [6, 6.07) is 0. The third-order valence-electron chi connectivity index (χ3n) is 1.20. The fraction of sp³-hybridized carbons (Fsp3) is 0.286. The molecule has 7 heteroatoms. The Morgan fingerprint density at radius 1 is 1.50 bits per heavy atom. The first-order chi connectivity index (χ1) is 6.61. The van der Waals surface area contributed by atoms with E-state index in [0.717, 1.165) is 0 Å². The van der Waals surface area contributed by atoms with Crippen LogP contribution in [0.3, 0.4) is 0 Å². The Hall–Kier alpha value is -1.30. The van der Waals surface area contributed by atoms with Crippen LogP contribution in [0.5, 0.6) is 5.88 Å². The van der Waals surface area contributed by atoms with Crippen molar-refractivity contribution in [1.82, 2.24) is 9.97 Å². The summed E-state index contributed by atoms with van der Waals surface area (Å²) in [6.07, 6.45) is -0.218. The van der Waals surface area contributed by atoms with E-state index in [9.17, 15) is 13.6 Å². The predicted molar refractivity (Wildman–Crippen MR) is 43.7 cm³/mol. The van der Waals surface area contributed by atoms with Crippen molar-refractivity contribution in [1.29, 1.82) is 0 Å². The quantitative estimate of drug-likeness (QED) is 0.725. The highest BCUT2D eigenvalue weighted by atomic mass is 35.5. The molecule has 1 heterocycles. The highest BCUT2D eigenvalue weighted by molar-refractivity contribution is 6.67. The molecule has 0 bridgehead atoms. The summed E-state index contributed by atoms with van der Waals surface area (Å²) in [5.41, 5.74) is -0.269. The van der Waals surface area contributed by atoms with Gasteiger partial charge in [0.2, 0.25) is 5.88 Å². The third kappa shape index (κ3) is 2.88. The fourth-order valence-electron chi connectivity index (χ4n) is 0.708. The first kappa shape index (κ1) is 10.8. The minimum absolute atomic E-state index is 0.269. The Morgan fingerprint density at radius 2 is 2.14 bits per heavy atom. The molecule has 0 amide bonds. The van der Waals surface area contributed by atoms with Crippen LogP contribution < -0.4 is 4.74 Å². The lowest BCUT2D eigenvalue weighted by atomic mass is 10.4. The van der Waals surface area contributed by atoms with Gasteiger partial charge in [0.1, 0.15) is 0 Å². The molecular weight excluding hydrogens is 218 g/mol. The second kappa shape index (κ2) is 4.80. The Bertz CT molecular complexity index is 335. The molecule has 1 aromatic rings.